The first kappa shape index (κ1) is 49.3. The van der Waals surface area contributed by atoms with Crippen LogP contribution in [0.3, 0.4) is 0 Å². The molecule has 0 amide bonds. The van der Waals surface area contributed by atoms with Crippen LogP contribution < -0.4 is 18.9 Å². The highest BCUT2D eigenvalue weighted by molar-refractivity contribution is 7.91. The monoisotopic (exact) mass is 970 g/mol. The van der Waals surface area contributed by atoms with E-state index in [1.165, 1.54) is 11.1 Å². The molecule has 0 atom stereocenters. The SMILES string of the molecule is CC(C)Oc1ccc(S(=O)(=O)c2ccc(Oc3ccc(C(C)(C)c4ccc(Oc5ccc(S(=O)(=O)c6ccc(Oc7ccc(C(C)(C)c8ccc(C(C)C)cc8)cc7)cc6)cc5)cc4)cc3)cc2)cc1. The molecule has 0 aromatic heterocycles. The summed E-state index contributed by atoms with van der Waals surface area (Å²) in [5.41, 5.74) is 5.29. The Bertz CT molecular complexity index is 3250. The van der Waals surface area contributed by atoms with Crippen molar-refractivity contribution < 1.29 is 35.8 Å². The van der Waals surface area contributed by atoms with E-state index in [1.807, 2.05) is 74.5 Å². The van der Waals surface area contributed by atoms with Crippen molar-refractivity contribution in [2.45, 2.75) is 97.8 Å². The van der Waals surface area contributed by atoms with Gasteiger partial charge in [-0.05, 0) is 181 Å². The van der Waals surface area contributed by atoms with Crippen molar-refractivity contribution in [2.75, 3.05) is 0 Å². The highest BCUT2D eigenvalue weighted by atomic mass is 32.2. The zero-order valence-corrected chi connectivity index (χ0v) is 42.3. The average Bonchev–Trinajstić information content (AvgIpc) is 3.35. The summed E-state index contributed by atoms with van der Waals surface area (Å²) in [6, 6.07) is 58.1. The van der Waals surface area contributed by atoms with Gasteiger partial charge in [0.2, 0.25) is 19.7 Å². The van der Waals surface area contributed by atoms with Crippen molar-refractivity contribution in [1.82, 2.24) is 0 Å². The third-order valence-corrected chi connectivity index (χ3v) is 16.2. The lowest BCUT2D eigenvalue weighted by atomic mass is 9.77. The molecule has 0 fully saturated rings. The summed E-state index contributed by atoms with van der Waals surface area (Å²) in [5, 5.41) is 0. The largest absolute Gasteiger partial charge is 0.491 e. The van der Waals surface area contributed by atoms with Gasteiger partial charge in [-0.2, -0.15) is 0 Å². The van der Waals surface area contributed by atoms with Crippen LogP contribution in [0, 0.1) is 0 Å². The van der Waals surface area contributed by atoms with Crippen molar-refractivity contribution in [3.8, 4) is 40.2 Å². The second-order valence-electron chi connectivity index (χ2n) is 19.0. The number of sulfone groups is 2. The molecule has 8 aromatic rings. The quantitative estimate of drug-likeness (QED) is 0.0888. The predicted molar refractivity (Wildman–Crippen MR) is 277 cm³/mol. The highest BCUT2D eigenvalue weighted by Gasteiger charge is 2.25. The lowest BCUT2D eigenvalue weighted by Crippen LogP contribution is -2.18. The molecule has 0 spiro atoms. The summed E-state index contributed by atoms with van der Waals surface area (Å²) >= 11 is 0. The van der Waals surface area contributed by atoms with E-state index in [4.69, 9.17) is 18.9 Å². The van der Waals surface area contributed by atoms with Gasteiger partial charge in [0.1, 0.15) is 40.2 Å². The van der Waals surface area contributed by atoms with Crippen LogP contribution in [0.5, 0.6) is 40.2 Å². The zero-order valence-electron chi connectivity index (χ0n) is 40.7. The van der Waals surface area contributed by atoms with Crippen molar-refractivity contribution in [2.24, 2.45) is 0 Å². The van der Waals surface area contributed by atoms with Gasteiger partial charge >= 0.3 is 0 Å². The molecule has 0 heterocycles. The van der Waals surface area contributed by atoms with Crippen LogP contribution in [0.1, 0.15) is 89.1 Å². The molecular formula is C60H58O8S2. The van der Waals surface area contributed by atoms with E-state index < -0.39 is 19.7 Å². The maximum atomic E-state index is 13.6. The van der Waals surface area contributed by atoms with Crippen LogP contribution in [0.15, 0.2) is 214 Å². The van der Waals surface area contributed by atoms with Crippen molar-refractivity contribution in [1.29, 1.82) is 0 Å². The second-order valence-corrected chi connectivity index (χ2v) is 22.9. The fourth-order valence-electron chi connectivity index (χ4n) is 8.15. The molecule has 0 aliphatic carbocycles. The summed E-state index contributed by atoms with van der Waals surface area (Å²) in [5.74, 6) is 4.52. The maximum absolute atomic E-state index is 13.6. The van der Waals surface area contributed by atoms with Gasteiger partial charge in [0, 0.05) is 10.8 Å². The van der Waals surface area contributed by atoms with Crippen molar-refractivity contribution >= 4 is 19.7 Å². The summed E-state index contributed by atoms with van der Waals surface area (Å²) < 4.78 is 77.7. The van der Waals surface area contributed by atoms with Crippen LogP contribution in [-0.2, 0) is 30.5 Å². The summed E-state index contributed by atoms with van der Waals surface area (Å²) in [4.78, 5) is 0.664. The lowest BCUT2D eigenvalue weighted by Gasteiger charge is -2.27. The molecular weight excluding hydrogens is 913 g/mol. The lowest BCUT2D eigenvalue weighted by molar-refractivity contribution is 0.242. The molecule has 8 rings (SSSR count). The van der Waals surface area contributed by atoms with Crippen molar-refractivity contribution in [3.05, 3.63) is 222 Å². The first-order chi connectivity index (χ1) is 33.3. The Labute approximate surface area is 413 Å². The number of ether oxygens (including phenoxy) is 4. The van der Waals surface area contributed by atoms with Gasteiger partial charge in [0.15, 0.2) is 0 Å². The summed E-state index contributed by atoms with van der Waals surface area (Å²) in [6.45, 7) is 16.9. The normalized spacial score (nSPS) is 12.2. The van der Waals surface area contributed by atoms with Crippen molar-refractivity contribution in [3.63, 3.8) is 0 Å². The summed E-state index contributed by atoms with van der Waals surface area (Å²) in [7, 11) is -7.52. The minimum Gasteiger partial charge on any atom is -0.491 e. The molecule has 0 radical (unpaired) electrons. The predicted octanol–water partition coefficient (Wildman–Crippen LogP) is 15.3. The molecule has 0 N–H and O–H groups in total. The Morgan fingerprint density at radius 1 is 0.314 bits per heavy atom. The smallest absolute Gasteiger partial charge is 0.206 e. The molecule has 8 aromatic carbocycles. The van der Waals surface area contributed by atoms with E-state index in [0.29, 0.717) is 46.2 Å². The van der Waals surface area contributed by atoms with Crippen LogP contribution in [0.25, 0.3) is 0 Å². The molecule has 358 valence electrons. The molecule has 0 aliphatic rings. The number of benzene rings is 8. The van der Waals surface area contributed by atoms with E-state index in [1.54, 1.807) is 97.1 Å². The van der Waals surface area contributed by atoms with Gasteiger partial charge in [-0.25, -0.2) is 16.8 Å². The van der Waals surface area contributed by atoms with Crippen LogP contribution >= 0.6 is 0 Å². The van der Waals surface area contributed by atoms with E-state index in [-0.39, 0.29) is 36.5 Å². The molecule has 0 unspecified atom stereocenters. The topological polar surface area (TPSA) is 105 Å². The Morgan fingerprint density at radius 2 is 0.529 bits per heavy atom. The molecule has 0 aliphatic heterocycles. The standard InChI is InChI=1S/C60H58O8S2/c1-41(2)43-9-11-44(12-10-43)59(5,6)45-13-19-49(20-14-45)66-53-29-37-57(38-30-53)70(63,64)58-39-31-54(32-40-58)68-51-23-17-47(18-24-51)60(7,8)46-15-21-50(22-16-46)67-52-27-35-56(36-28-52)69(61,62)55-33-25-48(26-34-55)65-42(3)4/h9-42H,1-8H3. The van der Waals surface area contributed by atoms with Gasteiger partial charge in [-0.3, -0.25) is 0 Å². The second kappa shape index (κ2) is 20.1. The molecule has 0 saturated heterocycles. The Hall–Kier alpha value is -7.14. The third-order valence-electron chi connectivity index (χ3n) is 12.6. The third kappa shape index (κ3) is 11.0. The maximum Gasteiger partial charge on any atom is 0.206 e. The Kier molecular flexibility index (Phi) is 14.1. The zero-order chi connectivity index (χ0) is 49.8. The fraction of sp³-hybridized carbons (Fsp3) is 0.200. The van der Waals surface area contributed by atoms with E-state index in [9.17, 15) is 16.8 Å². The minimum atomic E-state index is -3.80. The number of rotatable bonds is 17. The van der Waals surface area contributed by atoms with Crippen LogP contribution in [0.4, 0.5) is 0 Å². The molecule has 8 nitrogen and oxygen atoms in total. The van der Waals surface area contributed by atoms with Crippen LogP contribution in [-0.4, -0.2) is 22.9 Å². The highest BCUT2D eigenvalue weighted by Crippen LogP contribution is 2.37. The summed E-state index contributed by atoms with van der Waals surface area (Å²) in [6.07, 6.45) is -0.0111. The first-order valence-corrected chi connectivity index (χ1v) is 26.3. The van der Waals surface area contributed by atoms with Gasteiger partial charge in [0.05, 0.1) is 25.7 Å². The fourth-order valence-corrected chi connectivity index (χ4v) is 10.7. The van der Waals surface area contributed by atoms with Gasteiger partial charge in [0.25, 0.3) is 0 Å². The Balaban J connectivity index is 0.841. The van der Waals surface area contributed by atoms with E-state index in [2.05, 4.69) is 77.9 Å². The van der Waals surface area contributed by atoms with Gasteiger partial charge in [-0.1, -0.05) is 102 Å². The van der Waals surface area contributed by atoms with E-state index >= 15 is 0 Å². The van der Waals surface area contributed by atoms with Crippen LogP contribution in [0.2, 0.25) is 0 Å². The van der Waals surface area contributed by atoms with Gasteiger partial charge < -0.3 is 18.9 Å². The molecule has 0 saturated carbocycles. The Morgan fingerprint density at radius 3 is 0.757 bits per heavy atom. The molecule has 70 heavy (non-hydrogen) atoms. The average molecular weight is 971 g/mol. The first-order valence-electron chi connectivity index (χ1n) is 23.3. The number of hydrogen-bond acceptors (Lipinski definition) is 8. The molecule has 0 bridgehead atoms. The van der Waals surface area contributed by atoms with E-state index in [0.717, 1.165) is 16.7 Å². The minimum absolute atomic E-state index is 0.0111. The number of hydrogen-bond donors (Lipinski definition) is 0. The molecule has 10 heteroatoms. The van der Waals surface area contributed by atoms with Gasteiger partial charge in [-0.15, -0.1) is 0 Å².